The molecule has 0 N–H and O–H groups in total. The van der Waals surface area contributed by atoms with Gasteiger partial charge in [0, 0.05) is 23.4 Å². The Kier molecular flexibility index (Phi) is 4.14. The Balaban J connectivity index is 1.85. The van der Waals surface area contributed by atoms with Gasteiger partial charge in [-0.15, -0.1) is 0 Å². The van der Waals surface area contributed by atoms with Crippen molar-refractivity contribution < 1.29 is 4.79 Å². The van der Waals surface area contributed by atoms with Gasteiger partial charge in [-0.25, -0.2) is 0 Å². The molecule has 1 aliphatic heterocycles. The lowest BCUT2D eigenvalue weighted by atomic mass is 10.0. The Morgan fingerprint density at radius 3 is 2.86 bits per heavy atom. The van der Waals surface area contributed by atoms with Gasteiger partial charge in [0.15, 0.2) is 0 Å². The molecule has 3 rings (SSSR count). The highest BCUT2D eigenvalue weighted by molar-refractivity contribution is 6.32. The minimum atomic E-state index is 0.223. The van der Waals surface area contributed by atoms with Crippen molar-refractivity contribution in [2.45, 2.75) is 32.9 Å². The first-order chi connectivity index (χ1) is 10.1. The minimum Gasteiger partial charge on any atom is -0.324 e. The summed E-state index contributed by atoms with van der Waals surface area (Å²) in [6.07, 6.45) is 2.89. The molecule has 1 aromatic heterocycles. The number of benzene rings is 1. The van der Waals surface area contributed by atoms with Crippen LogP contribution in [0.3, 0.4) is 0 Å². The van der Waals surface area contributed by atoms with E-state index in [-0.39, 0.29) is 5.91 Å². The number of carbonyl (C=O) groups is 1. The van der Waals surface area contributed by atoms with Gasteiger partial charge in [0.25, 0.3) is 0 Å². The molecule has 0 saturated carbocycles. The molecule has 5 heteroatoms. The summed E-state index contributed by atoms with van der Waals surface area (Å²) in [7, 11) is 0. The van der Waals surface area contributed by atoms with E-state index in [4.69, 9.17) is 23.2 Å². The van der Waals surface area contributed by atoms with Crippen molar-refractivity contribution in [2.75, 3.05) is 6.54 Å². The quantitative estimate of drug-likeness (QED) is 0.809. The van der Waals surface area contributed by atoms with Crippen LogP contribution in [0.5, 0.6) is 0 Å². The van der Waals surface area contributed by atoms with E-state index in [2.05, 4.69) is 6.92 Å². The Morgan fingerprint density at radius 1 is 1.29 bits per heavy atom. The van der Waals surface area contributed by atoms with Gasteiger partial charge in [0.1, 0.15) is 5.15 Å². The molecule has 2 aromatic rings. The molecule has 0 bridgehead atoms. The SMILES string of the molecule is CCCC1CC(=O)N(Cn2c(Cl)cc3cc(Cl)ccc32)C1. The van der Waals surface area contributed by atoms with E-state index in [1.807, 2.05) is 33.7 Å². The number of halogens is 2. The number of carbonyl (C=O) groups excluding carboxylic acids is 1. The lowest BCUT2D eigenvalue weighted by molar-refractivity contribution is -0.129. The van der Waals surface area contributed by atoms with Crippen molar-refractivity contribution in [3.05, 3.63) is 34.4 Å². The Morgan fingerprint density at radius 2 is 2.10 bits per heavy atom. The predicted octanol–water partition coefficient (Wildman–Crippen LogP) is 4.55. The van der Waals surface area contributed by atoms with E-state index in [0.717, 1.165) is 30.3 Å². The molecule has 1 amide bonds. The summed E-state index contributed by atoms with van der Waals surface area (Å²) in [6, 6.07) is 7.59. The van der Waals surface area contributed by atoms with Crippen LogP contribution in [0.2, 0.25) is 10.2 Å². The van der Waals surface area contributed by atoms with Crippen molar-refractivity contribution in [1.82, 2.24) is 9.47 Å². The molecular formula is C16H18Cl2N2O. The largest absolute Gasteiger partial charge is 0.324 e. The monoisotopic (exact) mass is 324 g/mol. The fourth-order valence-electron chi connectivity index (χ4n) is 3.11. The molecule has 0 radical (unpaired) electrons. The molecule has 1 aliphatic rings. The third-order valence-corrected chi connectivity index (χ3v) is 4.66. The predicted molar refractivity (Wildman–Crippen MR) is 86.7 cm³/mol. The van der Waals surface area contributed by atoms with Crippen LogP contribution in [0.25, 0.3) is 10.9 Å². The zero-order chi connectivity index (χ0) is 15.0. The second-order valence-electron chi connectivity index (χ2n) is 5.71. The maximum Gasteiger partial charge on any atom is 0.224 e. The number of rotatable bonds is 4. The first kappa shape index (κ1) is 14.7. The standard InChI is InChI=1S/C16H18Cl2N2O/c1-2-3-11-6-16(21)19(9-11)10-20-14-5-4-13(17)7-12(14)8-15(20)18/h4-5,7-8,11H,2-3,6,9-10H2,1H3. The molecule has 1 atom stereocenters. The number of aromatic nitrogens is 1. The van der Waals surface area contributed by atoms with E-state index in [9.17, 15) is 4.79 Å². The van der Waals surface area contributed by atoms with Crippen molar-refractivity contribution in [3.8, 4) is 0 Å². The second kappa shape index (κ2) is 5.90. The van der Waals surface area contributed by atoms with E-state index >= 15 is 0 Å². The smallest absolute Gasteiger partial charge is 0.224 e. The van der Waals surface area contributed by atoms with Crippen molar-refractivity contribution >= 4 is 40.0 Å². The van der Waals surface area contributed by atoms with Gasteiger partial charge in [-0.05, 0) is 36.6 Å². The summed E-state index contributed by atoms with van der Waals surface area (Å²) in [5.41, 5.74) is 1.01. The number of nitrogens with zero attached hydrogens (tertiary/aromatic N) is 2. The molecule has 3 nitrogen and oxygen atoms in total. The number of hydrogen-bond donors (Lipinski definition) is 0. The fourth-order valence-corrected chi connectivity index (χ4v) is 3.56. The lowest BCUT2D eigenvalue weighted by Crippen LogP contribution is -2.27. The molecule has 2 heterocycles. The van der Waals surface area contributed by atoms with Crippen LogP contribution in [-0.2, 0) is 11.5 Å². The Labute approximate surface area is 134 Å². The minimum absolute atomic E-state index is 0.223. The van der Waals surface area contributed by atoms with Crippen LogP contribution in [-0.4, -0.2) is 21.9 Å². The van der Waals surface area contributed by atoms with Crippen molar-refractivity contribution in [1.29, 1.82) is 0 Å². The van der Waals surface area contributed by atoms with Gasteiger partial charge in [0.05, 0.1) is 12.2 Å². The average Bonchev–Trinajstić information content (AvgIpc) is 2.91. The topological polar surface area (TPSA) is 25.2 Å². The first-order valence-electron chi connectivity index (χ1n) is 7.30. The van der Waals surface area contributed by atoms with E-state index in [0.29, 0.717) is 29.2 Å². The molecule has 1 fully saturated rings. The summed E-state index contributed by atoms with van der Waals surface area (Å²) >= 11 is 12.3. The van der Waals surface area contributed by atoms with Gasteiger partial charge in [-0.3, -0.25) is 4.79 Å². The van der Waals surface area contributed by atoms with Crippen LogP contribution in [0.15, 0.2) is 24.3 Å². The molecule has 21 heavy (non-hydrogen) atoms. The van der Waals surface area contributed by atoms with Gasteiger partial charge < -0.3 is 9.47 Å². The molecule has 1 aromatic carbocycles. The van der Waals surface area contributed by atoms with Crippen molar-refractivity contribution in [3.63, 3.8) is 0 Å². The average molecular weight is 325 g/mol. The molecule has 1 saturated heterocycles. The number of fused-ring (bicyclic) bond motifs is 1. The molecular weight excluding hydrogens is 307 g/mol. The van der Waals surface area contributed by atoms with Crippen molar-refractivity contribution in [2.24, 2.45) is 5.92 Å². The molecule has 112 valence electrons. The van der Waals surface area contributed by atoms with Crippen LogP contribution >= 0.6 is 23.2 Å². The van der Waals surface area contributed by atoms with E-state index < -0.39 is 0 Å². The van der Waals surface area contributed by atoms with Gasteiger partial charge in [-0.1, -0.05) is 36.5 Å². The fraction of sp³-hybridized carbons (Fsp3) is 0.438. The van der Waals surface area contributed by atoms with E-state index in [1.165, 1.54) is 0 Å². The molecule has 0 spiro atoms. The van der Waals surface area contributed by atoms with E-state index in [1.54, 1.807) is 0 Å². The second-order valence-corrected chi connectivity index (χ2v) is 6.54. The number of amides is 1. The van der Waals surface area contributed by atoms with Gasteiger partial charge in [0.2, 0.25) is 5.91 Å². The zero-order valence-corrected chi connectivity index (χ0v) is 13.5. The van der Waals surface area contributed by atoms with Crippen LogP contribution in [0, 0.1) is 5.92 Å². The van der Waals surface area contributed by atoms with Gasteiger partial charge in [-0.2, -0.15) is 0 Å². The Bertz CT molecular complexity index is 680. The summed E-state index contributed by atoms with van der Waals surface area (Å²) in [5, 5.41) is 2.33. The third kappa shape index (κ3) is 2.90. The number of likely N-dealkylation sites (tertiary alicyclic amines) is 1. The summed E-state index contributed by atoms with van der Waals surface area (Å²) in [5.74, 6) is 0.706. The zero-order valence-electron chi connectivity index (χ0n) is 12.0. The van der Waals surface area contributed by atoms with Gasteiger partial charge >= 0.3 is 0 Å². The molecule has 0 aliphatic carbocycles. The van der Waals surface area contributed by atoms with Crippen LogP contribution < -0.4 is 0 Å². The summed E-state index contributed by atoms with van der Waals surface area (Å²) < 4.78 is 1.97. The Hall–Kier alpha value is -1.19. The maximum absolute atomic E-state index is 12.1. The normalized spacial score (nSPS) is 18.9. The third-order valence-electron chi connectivity index (χ3n) is 4.12. The highest BCUT2D eigenvalue weighted by Crippen LogP contribution is 2.29. The highest BCUT2D eigenvalue weighted by Gasteiger charge is 2.29. The first-order valence-corrected chi connectivity index (χ1v) is 8.06. The highest BCUT2D eigenvalue weighted by atomic mass is 35.5. The summed E-state index contributed by atoms with van der Waals surface area (Å²) in [6.45, 7) is 3.51. The van der Waals surface area contributed by atoms with Crippen LogP contribution in [0.4, 0.5) is 0 Å². The number of hydrogen-bond acceptors (Lipinski definition) is 1. The van der Waals surface area contributed by atoms with Crippen LogP contribution in [0.1, 0.15) is 26.2 Å². The maximum atomic E-state index is 12.1. The lowest BCUT2D eigenvalue weighted by Gasteiger charge is -2.19. The molecule has 1 unspecified atom stereocenters. The summed E-state index contributed by atoms with van der Waals surface area (Å²) in [4.78, 5) is 14.0.